The van der Waals surface area contributed by atoms with E-state index < -0.39 is 20.6 Å². The van der Waals surface area contributed by atoms with Crippen molar-refractivity contribution in [3.8, 4) is 0 Å². The first-order valence-electron chi connectivity index (χ1n) is 7.17. The number of hydrogen-bond donors (Lipinski definition) is 0. The van der Waals surface area contributed by atoms with Crippen molar-refractivity contribution in [3.63, 3.8) is 0 Å². The third-order valence-corrected chi connectivity index (χ3v) is 6.61. The minimum absolute atomic E-state index is 0.105. The summed E-state index contributed by atoms with van der Waals surface area (Å²) in [6.07, 6.45) is 2.90. The Morgan fingerprint density at radius 2 is 2.13 bits per heavy atom. The van der Waals surface area contributed by atoms with Crippen molar-refractivity contribution in [3.05, 3.63) is 28.0 Å². The van der Waals surface area contributed by atoms with Crippen LogP contribution >= 0.6 is 22.6 Å². The highest BCUT2D eigenvalue weighted by atomic mass is 127. The molecule has 0 aliphatic heterocycles. The molecule has 0 saturated heterocycles. The van der Waals surface area contributed by atoms with Gasteiger partial charge in [0, 0.05) is 21.8 Å². The van der Waals surface area contributed by atoms with Crippen molar-refractivity contribution in [2.45, 2.75) is 31.6 Å². The molecule has 0 N–H and O–H groups in total. The van der Waals surface area contributed by atoms with Gasteiger partial charge in [-0.1, -0.05) is 0 Å². The van der Waals surface area contributed by atoms with E-state index in [-0.39, 0.29) is 13.0 Å². The number of aromatic nitrogens is 2. The van der Waals surface area contributed by atoms with E-state index in [0.717, 1.165) is 20.7 Å². The van der Waals surface area contributed by atoms with Crippen molar-refractivity contribution >= 4 is 49.3 Å². The summed E-state index contributed by atoms with van der Waals surface area (Å²) in [4.78, 5) is 12.1. The molecular formula is C15H19IN2O4S. The van der Waals surface area contributed by atoms with Crippen LogP contribution in [-0.4, -0.2) is 41.8 Å². The van der Waals surface area contributed by atoms with E-state index in [1.165, 1.54) is 6.92 Å². The van der Waals surface area contributed by atoms with Crippen molar-refractivity contribution in [2.24, 2.45) is 0 Å². The number of rotatable bonds is 6. The number of nitrogens with zero attached hydrogens (tertiary/aromatic N) is 2. The molecule has 0 unspecified atom stereocenters. The Bertz CT molecular complexity index is 831. The van der Waals surface area contributed by atoms with E-state index in [4.69, 9.17) is 4.74 Å². The molecule has 2 rings (SSSR count). The number of carbonyl (C=O) groups is 1. The molecule has 0 saturated carbocycles. The van der Waals surface area contributed by atoms with E-state index >= 15 is 0 Å². The maximum atomic E-state index is 12.1. The van der Waals surface area contributed by atoms with Gasteiger partial charge in [0.25, 0.3) is 0 Å². The predicted octanol–water partition coefficient (Wildman–Crippen LogP) is 2.40. The summed E-state index contributed by atoms with van der Waals surface area (Å²) >= 11 is 2.22. The fraction of sp³-hybridized carbons (Fsp3) is 0.467. The Hall–Kier alpha value is -1.16. The Morgan fingerprint density at radius 3 is 2.74 bits per heavy atom. The maximum Gasteiger partial charge on any atom is 0.327 e. The molecule has 126 valence electrons. The molecule has 2 aromatic rings. The number of hydrogen-bond acceptors (Lipinski definition) is 5. The third kappa shape index (κ3) is 3.68. The van der Waals surface area contributed by atoms with Crippen LogP contribution in [-0.2, 0) is 25.9 Å². The first kappa shape index (κ1) is 18.2. The summed E-state index contributed by atoms with van der Waals surface area (Å²) in [6, 6.07) is 5.90. The van der Waals surface area contributed by atoms with Crippen molar-refractivity contribution in [1.82, 2.24) is 9.78 Å². The van der Waals surface area contributed by atoms with Crippen LogP contribution in [0.25, 0.3) is 10.9 Å². The zero-order valence-corrected chi connectivity index (χ0v) is 16.2. The summed E-state index contributed by atoms with van der Waals surface area (Å²) in [6.45, 7) is 3.53. The van der Waals surface area contributed by atoms with Gasteiger partial charge in [-0.3, -0.25) is 9.48 Å². The van der Waals surface area contributed by atoms with Crippen molar-refractivity contribution in [1.29, 1.82) is 0 Å². The first-order chi connectivity index (χ1) is 10.7. The maximum absolute atomic E-state index is 12.1. The second-order valence-corrected chi connectivity index (χ2v) is 9.24. The molecule has 0 bridgehead atoms. The smallest absolute Gasteiger partial charge is 0.327 e. The van der Waals surface area contributed by atoms with Gasteiger partial charge in [0.2, 0.25) is 0 Å². The van der Waals surface area contributed by atoms with Gasteiger partial charge >= 0.3 is 5.97 Å². The Labute approximate surface area is 149 Å². The van der Waals surface area contributed by atoms with Crippen molar-refractivity contribution in [2.75, 3.05) is 12.9 Å². The van der Waals surface area contributed by atoms with Crippen LogP contribution in [0.1, 0.15) is 20.3 Å². The summed E-state index contributed by atoms with van der Waals surface area (Å²) in [5.74, 6) is -0.714. The average molecular weight is 450 g/mol. The Kier molecular flexibility index (Phi) is 5.34. The molecule has 8 heteroatoms. The molecule has 0 aliphatic rings. The number of sulfone groups is 1. The second-order valence-electron chi connectivity index (χ2n) is 5.54. The van der Waals surface area contributed by atoms with Crippen molar-refractivity contribution < 1.29 is 17.9 Å². The number of halogens is 1. The summed E-state index contributed by atoms with van der Waals surface area (Å²) in [5.41, 5.74) is 0.908. The van der Waals surface area contributed by atoms with Gasteiger partial charge in [-0.05, 0) is 61.1 Å². The lowest BCUT2D eigenvalue weighted by molar-refractivity contribution is -0.146. The van der Waals surface area contributed by atoms with Gasteiger partial charge in [-0.2, -0.15) is 5.10 Å². The van der Waals surface area contributed by atoms with Gasteiger partial charge in [0.15, 0.2) is 14.6 Å². The van der Waals surface area contributed by atoms with Crippen LogP contribution in [0.3, 0.4) is 0 Å². The molecule has 0 fully saturated rings. The number of fused-ring (bicyclic) bond motifs is 1. The molecule has 0 aliphatic carbocycles. The molecule has 6 nitrogen and oxygen atoms in total. The highest BCUT2D eigenvalue weighted by Crippen LogP contribution is 2.25. The van der Waals surface area contributed by atoms with E-state index in [1.807, 2.05) is 18.2 Å². The number of ether oxygens (including phenoxy) is 1. The second kappa shape index (κ2) is 6.76. The van der Waals surface area contributed by atoms with Gasteiger partial charge < -0.3 is 4.74 Å². The lowest BCUT2D eigenvalue weighted by atomic mass is 10.1. The molecular weight excluding hydrogens is 431 g/mol. The standard InChI is InChI=1S/C15H19IN2O4S/c1-4-22-14(19)15(2,23(3,20)21)7-8-18-13-6-5-12(16)9-11(13)10-17-18/h5-6,9-10H,4,7-8H2,1-3H3/t15-/m1/s1. The topological polar surface area (TPSA) is 78.3 Å². The number of benzene rings is 1. The van der Waals surface area contributed by atoms with Crippen LogP contribution in [0.15, 0.2) is 24.4 Å². The molecule has 0 radical (unpaired) electrons. The minimum atomic E-state index is -3.62. The fourth-order valence-electron chi connectivity index (χ4n) is 2.28. The zero-order chi connectivity index (χ0) is 17.3. The predicted molar refractivity (Wildman–Crippen MR) is 96.9 cm³/mol. The fourth-order valence-corrected chi connectivity index (χ4v) is 3.62. The molecule has 23 heavy (non-hydrogen) atoms. The normalized spacial score (nSPS) is 14.6. The first-order valence-corrected chi connectivity index (χ1v) is 10.1. The van der Waals surface area contributed by atoms with Gasteiger partial charge in [-0.15, -0.1) is 0 Å². The van der Waals surface area contributed by atoms with Crippen LogP contribution in [0, 0.1) is 3.57 Å². The summed E-state index contributed by atoms with van der Waals surface area (Å²) < 4.78 is 30.4. The number of carbonyl (C=O) groups excluding carboxylic acids is 1. The Balaban J connectivity index is 2.29. The molecule has 1 atom stereocenters. The quantitative estimate of drug-likeness (QED) is 0.499. The average Bonchev–Trinajstić information content (AvgIpc) is 2.85. The third-order valence-electron chi connectivity index (χ3n) is 3.93. The van der Waals surface area contributed by atoms with Crippen LogP contribution in [0.2, 0.25) is 0 Å². The van der Waals surface area contributed by atoms with E-state index in [2.05, 4.69) is 27.7 Å². The lowest BCUT2D eigenvalue weighted by Crippen LogP contribution is -2.45. The van der Waals surface area contributed by atoms with Crippen LogP contribution in [0.5, 0.6) is 0 Å². The van der Waals surface area contributed by atoms with E-state index in [1.54, 1.807) is 17.8 Å². The van der Waals surface area contributed by atoms with E-state index in [9.17, 15) is 13.2 Å². The zero-order valence-electron chi connectivity index (χ0n) is 13.2. The number of aryl methyl sites for hydroxylation is 1. The largest absolute Gasteiger partial charge is 0.465 e. The van der Waals surface area contributed by atoms with Gasteiger partial charge in [0.1, 0.15) is 0 Å². The molecule has 1 aromatic carbocycles. The molecule has 1 heterocycles. The molecule has 1 aromatic heterocycles. The monoisotopic (exact) mass is 450 g/mol. The minimum Gasteiger partial charge on any atom is -0.465 e. The van der Waals surface area contributed by atoms with Crippen LogP contribution < -0.4 is 0 Å². The van der Waals surface area contributed by atoms with Gasteiger partial charge in [0.05, 0.1) is 18.3 Å². The lowest BCUT2D eigenvalue weighted by Gasteiger charge is -2.25. The van der Waals surface area contributed by atoms with Crippen LogP contribution in [0.4, 0.5) is 0 Å². The Morgan fingerprint density at radius 1 is 1.43 bits per heavy atom. The SMILES string of the molecule is CCOC(=O)[C@@](C)(CCn1ncc2cc(I)ccc21)S(C)(=O)=O. The highest BCUT2D eigenvalue weighted by Gasteiger charge is 2.44. The highest BCUT2D eigenvalue weighted by molar-refractivity contribution is 14.1. The summed E-state index contributed by atoms with van der Waals surface area (Å²) in [5, 5.41) is 5.27. The molecule has 0 spiro atoms. The number of esters is 1. The van der Waals surface area contributed by atoms with E-state index in [0.29, 0.717) is 6.54 Å². The van der Waals surface area contributed by atoms with Gasteiger partial charge in [-0.25, -0.2) is 8.42 Å². The molecule has 0 amide bonds. The summed E-state index contributed by atoms with van der Waals surface area (Å²) in [7, 11) is -3.62.